The van der Waals surface area contributed by atoms with Gasteiger partial charge in [0.15, 0.2) is 0 Å². The Kier molecular flexibility index (Phi) is 3.62. The number of carbonyl (C=O) groups excluding carboxylic acids is 1. The third-order valence-corrected chi connectivity index (χ3v) is 4.65. The second-order valence-electron chi connectivity index (χ2n) is 5.17. The van der Waals surface area contributed by atoms with Gasteiger partial charge in [0.05, 0.1) is 6.42 Å². The summed E-state index contributed by atoms with van der Waals surface area (Å²) in [7, 11) is 1.84. The van der Waals surface area contributed by atoms with Crippen LogP contribution in [-0.4, -0.2) is 13.0 Å². The number of rotatable bonds is 3. The van der Waals surface area contributed by atoms with Crippen molar-refractivity contribution in [3.8, 4) is 0 Å². The molecule has 3 rings (SSSR count). The maximum atomic E-state index is 11.7. The molecule has 0 spiro atoms. The van der Waals surface area contributed by atoms with E-state index in [9.17, 15) is 4.79 Å². The number of halogens is 1. The number of alkyl halides is 1. The standard InChI is InChI=1S/C17H16BrNO/c1-19-16-8-7-13(10-14(16)11-17(19)20)15(18)9-12-5-3-2-4-6-12/h2-8,10,15H,9,11H2,1H3. The molecular formula is C17H16BrNO. The van der Waals surface area contributed by atoms with Gasteiger partial charge in [0, 0.05) is 17.6 Å². The zero-order valence-electron chi connectivity index (χ0n) is 11.3. The van der Waals surface area contributed by atoms with Gasteiger partial charge in [-0.05, 0) is 29.2 Å². The summed E-state index contributed by atoms with van der Waals surface area (Å²) in [5.74, 6) is 0.173. The molecule has 1 unspecified atom stereocenters. The van der Waals surface area contributed by atoms with Crippen molar-refractivity contribution >= 4 is 27.5 Å². The zero-order chi connectivity index (χ0) is 14.1. The fourth-order valence-corrected chi connectivity index (χ4v) is 3.28. The Bertz CT molecular complexity index is 639. The lowest BCUT2D eigenvalue weighted by Crippen LogP contribution is -2.20. The van der Waals surface area contributed by atoms with Crippen molar-refractivity contribution in [3.05, 3.63) is 65.2 Å². The van der Waals surface area contributed by atoms with Crippen LogP contribution in [0.4, 0.5) is 5.69 Å². The van der Waals surface area contributed by atoms with E-state index in [1.54, 1.807) is 4.90 Å². The predicted octanol–water partition coefficient (Wildman–Crippen LogP) is 3.88. The number of benzene rings is 2. The molecule has 1 heterocycles. The molecule has 1 aliphatic rings. The molecule has 1 atom stereocenters. The van der Waals surface area contributed by atoms with Crippen molar-refractivity contribution in [3.63, 3.8) is 0 Å². The van der Waals surface area contributed by atoms with E-state index in [1.807, 2.05) is 13.1 Å². The summed E-state index contributed by atoms with van der Waals surface area (Å²) in [5, 5.41) is 0. The molecule has 0 aliphatic carbocycles. The van der Waals surface area contributed by atoms with E-state index in [2.05, 4.69) is 58.4 Å². The molecule has 2 aromatic rings. The second-order valence-corrected chi connectivity index (χ2v) is 6.28. The maximum Gasteiger partial charge on any atom is 0.231 e. The summed E-state index contributed by atoms with van der Waals surface area (Å²) in [6.07, 6.45) is 1.47. The van der Waals surface area contributed by atoms with Crippen LogP contribution in [0.2, 0.25) is 0 Å². The van der Waals surface area contributed by atoms with Crippen molar-refractivity contribution in [1.82, 2.24) is 0 Å². The molecule has 2 nitrogen and oxygen atoms in total. The summed E-state index contributed by atoms with van der Waals surface area (Å²) < 4.78 is 0. The van der Waals surface area contributed by atoms with Crippen molar-refractivity contribution in [2.45, 2.75) is 17.7 Å². The topological polar surface area (TPSA) is 20.3 Å². The van der Waals surface area contributed by atoms with E-state index < -0.39 is 0 Å². The van der Waals surface area contributed by atoms with E-state index in [4.69, 9.17) is 0 Å². The van der Waals surface area contributed by atoms with Gasteiger partial charge < -0.3 is 4.90 Å². The van der Waals surface area contributed by atoms with Gasteiger partial charge in [0.25, 0.3) is 0 Å². The molecule has 3 heteroatoms. The zero-order valence-corrected chi connectivity index (χ0v) is 12.9. The third-order valence-electron chi connectivity index (χ3n) is 3.80. The molecule has 0 saturated heterocycles. The van der Waals surface area contributed by atoms with Gasteiger partial charge in [-0.3, -0.25) is 4.79 Å². The average molecular weight is 330 g/mol. The summed E-state index contributed by atoms with van der Waals surface area (Å²) >= 11 is 3.76. The SMILES string of the molecule is CN1C(=O)Cc2cc(C(Br)Cc3ccccc3)ccc21. The van der Waals surface area contributed by atoms with Crippen LogP contribution in [0.5, 0.6) is 0 Å². The van der Waals surface area contributed by atoms with E-state index in [0.29, 0.717) is 6.42 Å². The molecule has 102 valence electrons. The van der Waals surface area contributed by atoms with Gasteiger partial charge in [-0.1, -0.05) is 58.4 Å². The molecule has 1 aliphatic heterocycles. The minimum atomic E-state index is 0.173. The lowest BCUT2D eigenvalue weighted by atomic mass is 10.0. The molecule has 0 saturated carbocycles. The number of anilines is 1. The molecule has 0 fully saturated rings. The van der Waals surface area contributed by atoms with Crippen LogP contribution in [0.1, 0.15) is 21.5 Å². The Balaban J connectivity index is 1.82. The Morgan fingerprint density at radius 3 is 2.70 bits per heavy atom. The molecule has 1 amide bonds. The van der Waals surface area contributed by atoms with E-state index >= 15 is 0 Å². The fraction of sp³-hybridized carbons (Fsp3) is 0.235. The van der Waals surface area contributed by atoms with E-state index in [1.165, 1.54) is 11.1 Å². The van der Waals surface area contributed by atoms with Gasteiger partial charge >= 0.3 is 0 Å². The van der Waals surface area contributed by atoms with Crippen LogP contribution in [-0.2, 0) is 17.6 Å². The summed E-state index contributed by atoms with van der Waals surface area (Å²) in [6.45, 7) is 0. The fourth-order valence-electron chi connectivity index (χ4n) is 2.62. The first-order valence-corrected chi connectivity index (χ1v) is 7.64. The highest BCUT2D eigenvalue weighted by Crippen LogP contribution is 2.34. The monoisotopic (exact) mass is 329 g/mol. The molecular weight excluding hydrogens is 314 g/mol. The van der Waals surface area contributed by atoms with Crippen LogP contribution in [0.15, 0.2) is 48.5 Å². The summed E-state index contributed by atoms with van der Waals surface area (Å²) in [4.78, 5) is 13.7. The quantitative estimate of drug-likeness (QED) is 0.782. The first kappa shape index (κ1) is 13.4. The van der Waals surface area contributed by atoms with Crippen LogP contribution < -0.4 is 4.90 Å². The number of likely N-dealkylation sites (N-methyl/N-ethyl adjacent to an activating group) is 1. The summed E-state index contributed by atoms with van der Waals surface area (Å²) in [6, 6.07) is 16.7. The largest absolute Gasteiger partial charge is 0.315 e. The molecule has 0 bridgehead atoms. The van der Waals surface area contributed by atoms with Crippen LogP contribution >= 0.6 is 15.9 Å². The van der Waals surface area contributed by atoms with Crippen molar-refractivity contribution < 1.29 is 4.79 Å². The molecule has 20 heavy (non-hydrogen) atoms. The smallest absolute Gasteiger partial charge is 0.231 e. The van der Waals surface area contributed by atoms with E-state index in [0.717, 1.165) is 17.7 Å². The Hall–Kier alpha value is -1.61. The minimum Gasteiger partial charge on any atom is -0.315 e. The highest BCUT2D eigenvalue weighted by atomic mass is 79.9. The molecule has 2 aromatic carbocycles. The van der Waals surface area contributed by atoms with Gasteiger partial charge in [-0.25, -0.2) is 0 Å². The van der Waals surface area contributed by atoms with E-state index in [-0.39, 0.29) is 10.7 Å². The number of fused-ring (bicyclic) bond motifs is 1. The maximum absolute atomic E-state index is 11.7. The lowest BCUT2D eigenvalue weighted by Gasteiger charge is -2.14. The van der Waals surface area contributed by atoms with Gasteiger partial charge in [0.1, 0.15) is 0 Å². The van der Waals surface area contributed by atoms with Gasteiger partial charge in [-0.2, -0.15) is 0 Å². The molecule has 0 N–H and O–H groups in total. The highest BCUT2D eigenvalue weighted by Gasteiger charge is 2.24. The van der Waals surface area contributed by atoms with Crippen LogP contribution in [0, 0.1) is 0 Å². The lowest BCUT2D eigenvalue weighted by molar-refractivity contribution is -0.117. The average Bonchev–Trinajstić information content (AvgIpc) is 2.74. The molecule has 0 radical (unpaired) electrons. The van der Waals surface area contributed by atoms with Gasteiger partial charge in [0.2, 0.25) is 5.91 Å². The Labute approximate surface area is 127 Å². The second kappa shape index (κ2) is 5.41. The normalized spacial score (nSPS) is 15.3. The van der Waals surface area contributed by atoms with Crippen molar-refractivity contribution in [2.75, 3.05) is 11.9 Å². The van der Waals surface area contributed by atoms with Crippen LogP contribution in [0.3, 0.4) is 0 Å². The number of hydrogen-bond donors (Lipinski definition) is 0. The number of carbonyl (C=O) groups is 1. The Morgan fingerprint density at radius 1 is 1.20 bits per heavy atom. The first-order chi connectivity index (χ1) is 9.65. The van der Waals surface area contributed by atoms with Crippen molar-refractivity contribution in [1.29, 1.82) is 0 Å². The Morgan fingerprint density at radius 2 is 1.95 bits per heavy atom. The highest BCUT2D eigenvalue weighted by molar-refractivity contribution is 9.09. The number of amides is 1. The number of hydrogen-bond acceptors (Lipinski definition) is 1. The van der Waals surface area contributed by atoms with Crippen molar-refractivity contribution in [2.24, 2.45) is 0 Å². The third kappa shape index (κ3) is 2.50. The number of nitrogens with zero attached hydrogens (tertiary/aromatic N) is 1. The van der Waals surface area contributed by atoms with Crippen LogP contribution in [0.25, 0.3) is 0 Å². The summed E-state index contributed by atoms with van der Waals surface area (Å²) in [5.41, 5.74) is 4.71. The minimum absolute atomic E-state index is 0.173. The molecule has 0 aromatic heterocycles. The first-order valence-electron chi connectivity index (χ1n) is 6.72. The van der Waals surface area contributed by atoms with Gasteiger partial charge in [-0.15, -0.1) is 0 Å². The predicted molar refractivity (Wildman–Crippen MR) is 85.4 cm³/mol.